The van der Waals surface area contributed by atoms with Crippen LogP contribution in [-0.2, 0) is 0 Å². The zero-order valence-electron chi connectivity index (χ0n) is 16.6. The van der Waals surface area contributed by atoms with Crippen molar-refractivity contribution < 1.29 is 4.42 Å². The van der Waals surface area contributed by atoms with Crippen LogP contribution in [0.3, 0.4) is 0 Å². The van der Waals surface area contributed by atoms with Crippen LogP contribution in [-0.4, -0.2) is 14.5 Å². The van der Waals surface area contributed by atoms with E-state index in [2.05, 4.69) is 80.8 Å². The number of benzene rings is 2. The van der Waals surface area contributed by atoms with E-state index in [9.17, 15) is 0 Å². The fourth-order valence-electron chi connectivity index (χ4n) is 3.95. The molecule has 0 N–H and O–H groups in total. The molecule has 5 aromatic rings. The maximum Gasteiger partial charge on any atom is 0.227 e. The van der Waals surface area contributed by atoms with Gasteiger partial charge in [0, 0.05) is 22.5 Å². The molecule has 5 rings (SSSR count). The summed E-state index contributed by atoms with van der Waals surface area (Å²) in [5, 5.41) is 2.13. The van der Waals surface area contributed by atoms with Gasteiger partial charge in [0.15, 0.2) is 0 Å². The number of furan rings is 1. The van der Waals surface area contributed by atoms with Crippen molar-refractivity contribution in [3.63, 3.8) is 0 Å². The molecule has 28 heavy (non-hydrogen) atoms. The Kier molecular flexibility index (Phi) is 3.76. The second-order valence-electron chi connectivity index (χ2n) is 7.92. The number of pyridine rings is 1. The first-order valence-corrected chi connectivity index (χ1v) is 9.84. The minimum atomic E-state index is 0.285. The highest BCUT2D eigenvalue weighted by Gasteiger charge is 2.20. The molecule has 0 atom stereocenters. The van der Waals surface area contributed by atoms with Crippen molar-refractivity contribution in [3.8, 4) is 11.4 Å². The van der Waals surface area contributed by atoms with Crippen LogP contribution in [0.5, 0.6) is 0 Å². The second kappa shape index (κ2) is 6.20. The van der Waals surface area contributed by atoms with Crippen molar-refractivity contribution >= 4 is 33.1 Å². The topological polar surface area (TPSA) is 43.9 Å². The maximum atomic E-state index is 6.30. The molecule has 4 nitrogen and oxygen atoms in total. The first kappa shape index (κ1) is 17.0. The Morgan fingerprint density at radius 2 is 1.64 bits per heavy atom. The summed E-state index contributed by atoms with van der Waals surface area (Å²) < 4.78 is 8.58. The highest BCUT2D eigenvalue weighted by Crippen LogP contribution is 2.37. The van der Waals surface area contributed by atoms with E-state index < -0.39 is 0 Å². The Labute approximate surface area is 163 Å². The zero-order chi connectivity index (χ0) is 19.4. The van der Waals surface area contributed by atoms with Crippen molar-refractivity contribution in [2.24, 2.45) is 0 Å². The Balaban J connectivity index is 1.84. The van der Waals surface area contributed by atoms with E-state index in [0.717, 1.165) is 44.5 Å². The smallest absolute Gasteiger partial charge is 0.227 e. The SMILES string of the molecule is CC(C)c1ccc2c(n1)oc1c(-c3nc4ccccc4n3C(C)C)cccc12. The lowest BCUT2D eigenvalue weighted by atomic mass is 10.1. The molecule has 0 saturated heterocycles. The van der Waals surface area contributed by atoms with Gasteiger partial charge in [-0.2, -0.15) is 0 Å². The number of fused-ring (bicyclic) bond motifs is 4. The highest BCUT2D eigenvalue weighted by atomic mass is 16.3. The second-order valence-corrected chi connectivity index (χ2v) is 7.92. The van der Waals surface area contributed by atoms with E-state index in [-0.39, 0.29) is 6.04 Å². The van der Waals surface area contributed by atoms with Gasteiger partial charge in [-0.25, -0.2) is 9.97 Å². The quantitative estimate of drug-likeness (QED) is 0.355. The summed E-state index contributed by atoms with van der Waals surface area (Å²) in [6, 6.07) is 19.1. The van der Waals surface area contributed by atoms with E-state index in [4.69, 9.17) is 14.4 Å². The molecule has 4 heteroatoms. The maximum absolute atomic E-state index is 6.30. The minimum Gasteiger partial charge on any atom is -0.437 e. The molecule has 0 radical (unpaired) electrons. The molecule has 0 fully saturated rings. The van der Waals surface area contributed by atoms with Crippen LogP contribution in [0.1, 0.15) is 45.3 Å². The molecule has 0 unspecified atom stereocenters. The van der Waals surface area contributed by atoms with Crippen LogP contribution in [0, 0.1) is 0 Å². The molecular formula is C24H23N3O. The van der Waals surface area contributed by atoms with Gasteiger partial charge in [-0.3, -0.25) is 0 Å². The van der Waals surface area contributed by atoms with Crippen LogP contribution in [0.25, 0.3) is 44.5 Å². The van der Waals surface area contributed by atoms with Gasteiger partial charge >= 0.3 is 0 Å². The van der Waals surface area contributed by atoms with Gasteiger partial charge in [-0.1, -0.05) is 38.1 Å². The van der Waals surface area contributed by atoms with Gasteiger partial charge in [-0.05, 0) is 50.1 Å². The molecule has 140 valence electrons. The summed E-state index contributed by atoms with van der Waals surface area (Å²) in [5.41, 5.74) is 5.73. The van der Waals surface area contributed by atoms with Crippen LogP contribution in [0.4, 0.5) is 0 Å². The number of hydrogen-bond donors (Lipinski definition) is 0. The predicted molar refractivity (Wildman–Crippen MR) is 115 cm³/mol. The van der Waals surface area contributed by atoms with Crippen LogP contribution >= 0.6 is 0 Å². The fourth-order valence-corrected chi connectivity index (χ4v) is 3.95. The Morgan fingerprint density at radius 1 is 0.821 bits per heavy atom. The lowest BCUT2D eigenvalue weighted by Crippen LogP contribution is -2.03. The van der Waals surface area contributed by atoms with Gasteiger partial charge in [0.25, 0.3) is 0 Å². The summed E-state index contributed by atoms with van der Waals surface area (Å²) in [5.74, 6) is 1.30. The third-order valence-electron chi connectivity index (χ3n) is 5.33. The molecule has 2 aromatic carbocycles. The Hall–Kier alpha value is -3.14. The molecule has 0 aliphatic heterocycles. The lowest BCUT2D eigenvalue weighted by molar-refractivity contribution is 0.621. The summed E-state index contributed by atoms with van der Waals surface area (Å²) in [6.45, 7) is 8.67. The summed E-state index contributed by atoms with van der Waals surface area (Å²) in [6.07, 6.45) is 0. The monoisotopic (exact) mass is 369 g/mol. The largest absolute Gasteiger partial charge is 0.437 e. The minimum absolute atomic E-state index is 0.285. The Morgan fingerprint density at radius 3 is 2.43 bits per heavy atom. The van der Waals surface area contributed by atoms with Crippen LogP contribution in [0.15, 0.2) is 59.0 Å². The van der Waals surface area contributed by atoms with E-state index in [1.807, 2.05) is 6.07 Å². The molecule has 0 bridgehead atoms. The average Bonchev–Trinajstić information content (AvgIpc) is 3.25. The van der Waals surface area contributed by atoms with Crippen LogP contribution < -0.4 is 0 Å². The van der Waals surface area contributed by atoms with Crippen molar-refractivity contribution in [1.29, 1.82) is 0 Å². The molecule has 0 spiro atoms. The van der Waals surface area contributed by atoms with Crippen molar-refractivity contribution in [2.45, 2.75) is 39.7 Å². The lowest BCUT2D eigenvalue weighted by Gasteiger charge is -2.13. The van der Waals surface area contributed by atoms with Crippen molar-refractivity contribution in [1.82, 2.24) is 14.5 Å². The molecule has 3 aromatic heterocycles. The molecular weight excluding hydrogens is 346 g/mol. The van der Waals surface area contributed by atoms with E-state index >= 15 is 0 Å². The normalized spacial score (nSPS) is 12.2. The van der Waals surface area contributed by atoms with E-state index in [1.165, 1.54) is 0 Å². The fraction of sp³-hybridized carbons (Fsp3) is 0.250. The van der Waals surface area contributed by atoms with Gasteiger partial charge in [0.05, 0.1) is 16.6 Å². The summed E-state index contributed by atoms with van der Waals surface area (Å²) in [4.78, 5) is 9.71. The first-order chi connectivity index (χ1) is 13.5. The molecule has 3 heterocycles. The average molecular weight is 369 g/mol. The number of aromatic nitrogens is 3. The summed E-state index contributed by atoms with van der Waals surface area (Å²) in [7, 11) is 0. The van der Waals surface area contributed by atoms with Crippen LogP contribution in [0.2, 0.25) is 0 Å². The predicted octanol–water partition coefficient (Wildman–Crippen LogP) is 6.70. The van der Waals surface area contributed by atoms with Gasteiger partial charge < -0.3 is 8.98 Å². The van der Waals surface area contributed by atoms with Gasteiger partial charge in [0.1, 0.15) is 11.4 Å². The third-order valence-corrected chi connectivity index (χ3v) is 5.33. The third kappa shape index (κ3) is 2.44. The van der Waals surface area contributed by atoms with Crippen molar-refractivity contribution in [2.75, 3.05) is 0 Å². The molecule has 0 aliphatic rings. The number of hydrogen-bond acceptors (Lipinski definition) is 3. The number of rotatable bonds is 3. The standard InChI is InChI=1S/C24H23N3O/c1-14(2)19-13-12-17-16-8-7-9-18(22(16)28-24(17)26-19)23-25-20-10-5-6-11-21(20)27(23)15(3)4/h5-15H,1-4H3. The molecule has 0 aliphatic carbocycles. The highest BCUT2D eigenvalue weighted by molar-refractivity contribution is 6.08. The number of nitrogens with zero attached hydrogens (tertiary/aromatic N) is 3. The summed E-state index contributed by atoms with van der Waals surface area (Å²) >= 11 is 0. The molecule has 0 saturated carbocycles. The van der Waals surface area contributed by atoms with Gasteiger partial charge in [0.2, 0.25) is 5.71 Å². The van der Waals surface area contributed by atoms with Gasteiger partial charge in [-0.15, -0.1) is 0 Å². The Bertz CT molecular complexity index is 1320. The van der Waals surface area contributed by atoms with E-state index in [0.29, 0.717) is 11.6 Å². The molecule has 0 amide bonds. The number of para-hydroxylation sites is 3. The van der Waals surface area contributed by atoms with Crippen molar-refractivity contribution in [3.05, 3.63) is 60.3 Å². The zero-order valence-corrected chi connectivity index (χ0v) is 16.6. The van der Waals surface area contributed by atoms with E-state index in [1.54, 1.807) is 0 Å². The number of imidazole rings is 1. The first-order valence-electron chi connectivity index (χ1n) is 9.84.